The highest BCUT2D eigenvalue weighted by Gasteiger charge is 2.25. The molecule has 2 amide bonds. The van der Waals surface area contributed by atoms with E-state index < -0.39 is 0 Å². The van der Waals surface area contributed by atoms with Crippen molar-refractivity contribution in [3.8, 4) is 0 Å². The molecule has 0 bridgehead atoms. The van der Waals surface area contributed by atoms with Crippen LogP contribution >= 0.6 is 0 Å². The van der Waals surface area contributed by atoms with Gasteiger partial charge < -0.3 is 14.7 Å². The Morgan fingerprint density at radius 2 is 1.67 bits per heavy atom. The first-order valence-electron chi connectivity index (χ1n) is 10.9. The molecule has 2 heterocycles. The number of hydrogen-bond acceptors (Lipinski definition) is 4. The Hall–Kier alpha value is -2.89. The molecule has 30 heavy (non-hydrogen) atoms. The van der Waals surface area contributed by atoms with Crippen LogP contribution in [0.4, 0.5) is 5.69 Å². The number of anilines is 1. The summed E-state index contributed by atoms with van der Waals surface area (Å²) in [6, 6.07) is 13.5. The molecule has 6 heteroatoms. The second kappa shape index (κ2) is 10.8. The Kier molecular flexibility index (Phi) is 7.82. The smallest absolute Gasteiger partial charge is 0.253 e. The maximum atomic E-state index is 12.9. The largest absolute Gasteiger partial charge is 0.372 e. The maximum absolute atomic E-state index is 12.9. The monoisotopic (exact) mass is 408 g/mol. The summed E-state index contributed by atoms with van der Waals surface area (Å²) in [5, 5.41) is 0. The molecule has 0 radical (unpaired) electrons. The van der Waals surface area contributed by atoms with Gasteiger partial charge in [0, 0.05) is 62.4 Å². The van der Waals surface area contributed by atoms with E-state index in [0.29, 0.717) is 38.2 Å². The molecule has 1 aromatic heterocycles. The van der Waals surface area contributed by atoms with Crippen molar-refractivity contribution in [1.29, 1.82) is 0 Å². The number of hydrogen-bond donors (Lipinski definition) is 0. The Labute approximate surface area is 179 Å². The van der Waals surface area contributed by atoms with Crippen molar-refractivity contribution in [3.63, 3.8) is 0 Å². The average molecular weight is 409 g/mol. The molecule has 0 unspecified atom stereocenters. The number of piperazine rings is 1. The fraction of sp³-hybridized carbons (Fsp3) is 0.458. The molecule has 6 nitrogen and oxygen atoms in total. The summed E-state index contributed by atoms with van der Waals surface area (Å²) in [5.74, 6) is 0.104. The maximum Gasteiger partial charge on any atom is 0.253 e. The van der Waals surface area contributed by atoms with E-state index in [0.717, 1.165) is 30.9 Å². The van der Waals surface area contributed by atoms with E-state index in [2.05, 4.69) is 23.7 Å². The van der Waals surface area contributed by atoms with Crippen molar-refractivity contribution >= 4 is 17.5 Å². The average Bonchev–Trinajstić information content (AvgIpc) is 2.80. The summed E-state index contributed by atoms with van der Waals surface area (Å²) in [7, 11) is 0. The predicted molar refractivity (Wildman–Crippen MR) is 120 cm³/mol. The molecule has 0 saturated carbocycles. The van der Waals surface area contributed by atoms with Crippen LogP contribution in [0.15, 0.2) is 48.7 Å². The second-order valence-electron chi connectivity index (χ2n) is 7.65. The quantitative estimate of drug-likeness (QED) is 0.673. The second-order valence-corrected chi connectivity index (χ2v) is 7.65. The van der Waals surface area contributed by atoms with Crippen molar-refractivity contribution < 1.29 is 9.59 Å². The van der Waals surface area contributed by atoms with Gasteiger partial charge in [-0.05, 0) is 49.7 Å². The van der Waals surface area contributed by atoms with E-state index in [1.165, 1.54) is 6.42 Å². The van der Waals surface area contributed by atoms with Crippen LogP contribution in [0, 0.1) is 0 Å². The summed E-state index contributed by atoms with van der Waals surface area (Å²) < 4.78 is 0. The molecule has 3 rings (SSSR count). The van der Waals surface area contributed by atoms with Crippen LogP contribution in [0.3, 0.4) is 0 Å². The normalized spacial score (nSPS) is 13.9. The first-order chi connectivity index (χ1) is 14.6. The highest BCUT2D eigenvalue weighted by atomic mass is 16.2. The van der Waals surface area contributed by atoms with Crippen molar-refractivity contribution in [2.45, 2.75) is 33.1 Å². The van der Waals surface area contributed by atoms with Crippen LogP contribution in [0.25, 0.3) is 0 Å². The minimum absolute atomic E-state index is 0.0370. The third-order valence-electron chi connectivity index (χ3n) is 5.62. The molecule has 160 valence electrons. The Morgan fingerprint density at radius 1 is 0.967 bits per heavy atom. The summed E-state index contributed by atoms with van der Waals surface area (Å²) in [6.45, 7) is 8.60. The molecule has 2 aromatic rings. The number of rotatable bonds is 8. The lowest BCUT2D eigenvalue weighted by atomic mass is 10.1. The SMILES string of the molecule is CCCCN(CC)c1ccc(C(=O)N2CCN(C(=O)Cc3ccccn3)CC2)cc1. The topological polar surface area (TPSA) is 56.8 Å². The van der Waals surface area contributed by atoms with Crippen molar-refractivity contribution in [2.75, 3.05) is 44.2 Å². The predicted octanol–water partition coefficient (Wildman–Crippen LogP) is 3.24. The number of pyridine rings is 1. The zero-order chi connectivity index (χ0) is 21.3. The van der Waals surface area contributed by atoms with E-state index in [9.17, 15) is 9.59 Å². The Morgan fingerprint density at radius 3 is 2.27 bits per heavy atom. The lowest BCUT2D eigenvalue weighted by molar-refractivity contribution is -0.132. The summed E-state index contributed by atoms with van der Waals surface area (Å²) in [4.78, 5) is 35.6. The van der Waals surface area contributed by atoms with Gasteiger partial charge in [-0.1, -0.05) is 19.4 Å². The lowest BCUT2D eigenvalue weighted by Crippen LogP contribution is -2.51. The van der Waals surface area contributed by atoms with E-state index in [4.69, 9.17) is 0 Å². The number of carbonyl (C=O) groups excluding carboxylic acids is 2. The van der Waals surface area contributed by atoms with Crippen LogP contribution in [0.1, 0.15) is 42.7 Å². The van der Waals surface area contributed by atoms with E-state index in [-0.39, 0.29) is 11.8 Å². The zero-order valence-electron chi connectivity index (χ0n) is 18.1. The number of unbranched alkanes of at least 4 members (excludes halogenated alkanes) is 1. The molecule has 0 N–H and O–H groups in total. The summed E-state index contributed by atoms with van der Waals surface area (Å²) in [6.07, 6.45) is 4.34. The molecule has 1 aromatic carbocycles. The van der Waals surface area contributed by atoms with E-state index in [1.807, 2.05) is 52.3 Å². The minimum Gasteiger partial charge on any atom is -0.372 e. The summed E-state index contributed by atoms with van der Waals surface area (Å²) in [5.41, 5.74) is 2.65. The molecule has 0 atom stereocenters. The third kappa shape index (κ3) is 5.59. The first kappa shape index (κ1) is 21.8. The molecule has 1 aliphatic rings. The van der Waals surface area contributed by atoms with Gasteiger partial charge in [0.15, 0.2) is 0 Å². The fourth-order valence-electron chi connectivity index (χ4n) is 3.74. The zero-order valence-corrected chi connectivity index (χ0v) is 18.1. The number of aromatic nitrogens is 1. The first-order valence-corrected chi connectivity index (χ1v) is 10.9. The standard InChI is InChI=1S/C24H32N4O2/c1-3-5-14-26(4-2)22-11-9-20(10-12-22)24(30)28-17-15-27(16-18-28)23(29)19-21-8-6-7-13-25-21/h6-13H,3-5,14-19H2,1-2H3. The van der Waals surface area contributed by atoms with Crippen LogP contribution in [0.2, 0.25) is 0 Å². The van der Waals surface area contributed by atoms with Gasteiger partial charge in [-0.3, -0.25) is 14.6 Å². The molecule has 1 saturated heterocycles. The Bertz CT molecular complexity index is 815. The minimum atomic E-state index is 0.0370. The third-order valence-corrected chi connectivity index (χ3v) is 5.62. The molecule has 0 aliphatic carbocycles. The van der Waals surface area contributed by atoms with Gasteiger partial charge in [0.05, 0.1) is 6.42 Å². The number of benzene rings is 1. The van der Waals surface area contributed by atoms with Gasteiger partial charge in [0.2, 0.25) is 5.91 Å². The molecule has 1 fully saturated rings. The van der Waals surface area contributed by atoms with Crippen LogP contribution in [-0.2, 0) is 11.2 Å². The van der Waals surface area contributed by atoms with Gasteiger partial charge >= 0.3 is 0 Å². The van der Waals surface area contributed by atoms with Crippen LogP contribution in [0.5, 0.6) is 0 Å². The fourth-order valence-corrected chi connectivity index (χ4v) is 3.74. The molecule has 1 aliphatic heterocycles. The molecular formula is C24H32N4O2. The molecular weight excluding hydrogens is 376 g/mol. The number of nitrogens with zero attached hydrogens (tertiary/aromatic N) is 4. The van der Waals surface area contributed by atoms with Crippen LogP contribution < -0.4 is 4.90 Å². The van der Waals surface area contributed by atoms with Crippen molar-refractivity contribution in [3.05, 3.63) is 59.9 Å². The van der Waals surface area contributed by atoms with Crippen molar-refractivity contribution in [1.82, 2.24) is 14.8 Å². The van der Waals surface area contributed by atoms with Gasteiger partial charge in [0.1, 0.15) is 0 Å². The highest BCUT2D eigenvalue weighted by Crippen LogP contribution is 2.18. The highest BCUT2D eigenvalue weighted by molar-refractivity contribution is 5.94. The van der Waals surface area contributed by atoms with E-state index >= 15 is 0 Å². The lowest BCUT2D eigenvalue weighted by Gasteiger charge is -2.35. The van der Waals surface area contributed by atoms with E-state index in [1.54, 1.807) is 6.20 Å². The number of carbonyl (C=O) groups is 2. The molecule has 0 spiro atoms. The van der Waals surface area contributed by atoms with Gasteiger partial charge in [-0.2, -0.15) is 0 Å². The van der Waals surface area contributed by atoms with Gasteiger partial charge in [0.25, 0.3) is 5.91 Å². The summed E-state index contributed by atoms with van der Waals surface area (Å²) >= 11 is 0. The van der Waals surface area contributed by atoms with Crippen LogP contribution in [-0.4, -0.2) is 65.9 Å². The Balaban J connectivity index is 1.52. The van der Waals surface area contributed by atoms with Crippen molar-refractivity contribution in [2.24, 2.45) is 0 Å². The van der Waals surface area contributed by atoms with Gasteiger partial charge in [-0.15, -0.1) is 0 Å². The number of amides is 2. The van der Waals surface area contributed by atoms with Gasteiger partial charge in [-0.25, -0.2) is 0 Å².